The van der Waals surface area contributed by atoms with Crippen molar-refractivity contribution in [3.8, 4) is 0 Å². The second-order valence-electron chi connectivity index (χ2n) is 7.25. The van der Waals surface area contributed by atoms with Crippen LogP contribution in [0.15, 0.2) is 24.3 Å². The average Bonchev–Trinajstić information content (AvgIpc) is 2.57. The van der Waals surface area contributed by atoms with Crippen LogP contribution in [-0.2, 0) is 9.59 Å². The number of rotatable bonds is 2. The number of piperidine rings is 1. The van der Waals surface area contributed by atoms with Crippen LogP contribution >= 0.6 is 0 Å². The van der Waals surface area contributed by atoms with Crippen molar-refractivity contribution >= 4 is 17.5 Å². The molecule has 0 bridgehead atoms. The van der Waals surface area contributed by atoms with Crippen LogP contribution in [-0.4, -0.2) is 29.9 Å². The highest BCUT2D eigenvalue weighted by Crippen LogP contribution is 2.34. The summed E-state index contributed by atoms with van der Waals surface area (Å²) in [6.07, 6.45) is 7.97. The maximum Gasteiger partial charge on any atom is 0.313 e. The first kappa shape index (κ1) is 17.0. The van der Waals surface area contributed by atoms with E-state index in [0.29, 0.717) is 5.69 Å². The number of amides is 2. The first-order chi connectivity index (χ1) is 11.6. The third-order valence-electron chi connectivity index (χ3n) is 5.29. The van der Waals surface area contributed by atoms with Crippen molar-refractivity contribution in [2.24, 2.45) is 0 Å². The Bertz CT molecular complexity index is 586. The van der Waals surface area contributed by atoms with Crippen LogP contribution in [0.25, 0.3) is 0 Å². The maximum absolute atomic E-state index is 12.2. The molecule has 1 aliphatic carbocycles. The van der Waals surface area contributed by atoms with E-state index in [1.165, 1.54) is 32.1 Å². The minimum atomic E-state index is -0.588. The molecule has 1 unspecified atom stereocenters. The molecule has 2 aliphatic rings. The molecule has 1 aromatic carbocycles. The molecule has 1 atom stereocenters. The molecule has 0 aromatic heterocycles. The van der Waals surface area contributed by atoms with Crippen LogP contribution in [0, 0.1) is 6.92 Å². The van der Waals surface area contributed by atoms with Crippen molar-refractivity contribution in [1.82, 2.24) is 10.6 Å². The van der Waals surface area contributed by atoms with Gasteiger partial charge in [0, 0.05) is 17.3 Å². The van der Waals surface area contributed by atoms with E-state index in [1.54, 1.807) is 0 Å². The number of hydrogen-bond acceptors (Lipinski definition) is 3. The van der Waals surface area contributed by atoms with Gasteiger partial charge in [-0.05, 0) is 51.3 Å². The molecule has 0 radical (unpaired) electrons. The molecule has 3 N–H and O–H groups in total. The second kappa shape index (κ2) is 7.34. The molecule has 1 saturated heterocycles. The molecular weight excluding hydrogens is 302 g/mol. The first-order valence-corrected chi connectivity index (χ1v) is 9.00. The molecule has 5 heteroatoms. The largest absolute Gasteiger partial charge is 0.345 e. The molecule has 130 valence electrons. The molecule has 1 heterocycles. The van der Waals surface area contributed by atoms with Gasteiger partial charge in [-0.15, -0.1) is 0 Å². The summed E-state index contributed by atoms with van der Waals surface area (Å²) < 4.78 is 0. The summed E-state index contributed by atoms with van der Waals surface area (Å²) in [7, 11) is 0. The fraction of sp³-hybridized carbons (Fsp3) is 0.579. The zero-order valence-corrected chi connectivity index (χ0v) is 14.4. The number of hydrogen-bond donors (Lipinski definition) is 3. The quantitative estimate of drug-likeness (QED) is 0.730. The summed E-state index contributed by atoms with van der Waals surface area (Å²) in [5.74, 6) is -1.12. The van der Waals surface area contributed by atoms with Gasteiger partial charge >= 0.3 is 11.8 Å². The van der Waals surface area contributed by atoms with Crippen molar-refractivity contribution in [3.05, 3.63) is 29.8 Å². The number of carbonyl (C=O) groups excluding carboxylic acids is 2. The maximum atomic E-state index is 12.2. The topological polar surface area (TPSA) is 70.2 Å². The van der Waals surface area contributed by atoms with E-state index in [9.17, 15) is 9.59 Å². The van der Waals surface area contributed by atoms with Gasteiger partial charge in [0.15, 0.2) is 0 Å². The molecule has 24 heavy (non-hydrogen) atoms. The Morgan fingerprint density at radius 3 is 2.50 bits per heavy atom. The normalized spacial score (nSPS) is 22.8. The highest BCUT2D eigenvalue weighted by atomic mass is 16.2. The number of aryl methyl sites for hydroxylation is 1. The SMILES string of the molecule is Cc1ccc(NC(=O)C(=O)NC2CCNC3(CCCCC3)C2)cc1. The van der Waals surface area contributed by atoms with Crippen LogP contribution in [0.3, 0.4) is 0 Å². The zero-order chi connectivity index (χ0) is 17.0. The van der Waals surface area contributed by atoms with Crippen LogP contribution in [0.2, 0.25) is 0 Å². The van der Waals surface area contributed by atoms with E-state index in [0.717, 1.165) is 24.9 Å². The summed E-state index contributed by atoms with van der Waals surface area (Å²) in [6.45, 7) is 2.89. The molecule has 1 spiro atoms. The summed E-state index contributed by atoms with van der Waals surface area (Å²) in [6, 6.07) is 7.52. The predicted octanol–water partition coefficient (Wildman–Crippen LogP) is 2.50. The van der Waals surface area contributed by atoms with E-state index in [1.807, 2.05) is 31.2 Å². The third kappa shape index (κ3) is 4.15. The fourth-order valence-electron chi connectivity index (χ4n) is 3.97. The standard InChI is InChI=1S/C19H27N3O2/c1-14-5-7-15(8-6-14)21-17(23)18(24)22-16-9-12-20-19(13-16)10-3-2-4-11-19/h5-8,16,20H,2-4,9-13H2,1H3,(H,21,23)(H,22,24). The molecule has 1 aliphatic heterocycles. The van der Waals surface area contributed by atoms with Crippen molar-refractivity contribution < 1.29 is 9.59 Å². The van der Waals surface area contributed by atoms with Gasteiger partial charge in [0.25, 0.3) is 0 Å². The van der Waals surface area contributed by atoms with Gasteiger partial charge in [0.1, 0.15) is 0 Å². The van der Waals surface area contributed by atoms with Crippen molar-refractivity contribution in [1.29, 1.82) is 0 Å². The van der Waals surface area contributed by atoms with Crippen LogP contribution in [0.1, 0.15) is 50.5 Å². The summed E-state index contributed by atoms with van der Waals surface area (Å²) in [5.41, 5.74) is 1.93. The van der Waals surface area contributed by atoms with Gasteiger partial charge in [0.05, 0.1) is 0 Å². The number of anilines is 1. The Hall–Kier alpha value is -1.88. The first-order valence-electron chi connectivity index (χ1n) is 9.00. The lowest BCUT2D eigenvalue weighted by atomic mass is 9.75. The lowest BCUT2D eigenvalue weighted by molar-refractivity contribution is -0.136. The van der Waals surface area contributed by atoms with E-state index in [-0.39, 0.29) is 11.6 Å². The predicted molar refractivity (Wildman–Crippen MR) is 94.8 cm³/mol. The molecule has 5 nitrogen and oxygen atoms in total. The Morgan fingerprint density at radius 2 is 1.79 bits per heavy atom. The molecular formula is C19H27N3O2. The molecule has 3 rings (SSSR count). The lowest BCUT2D eigenvalue weighted by Gasteiger charge is -2.44. The van der Waals surface area contributed by atoms with Crippen molar-refractivity contribution in [3.63, 3.8) is 0 Å². The van der Waals surface area contributed by atoms with Crippen molar-refractivity contribution in [2.75, 3.05) is 11.9 Å². The van der Waals surface area contributed by atoms with Crippen molar-refractivity contribution in [2.45, 2.75) is 63.5 Å². The lowest BCUT2D eigenvalue weighted by Crippen LogP contribution is -2.57. The van der Waals surface area contributed by atoms with Gasteiger partial charge in [-0.1, -0.05) is 37.0 Å². The number of benzene rings is 1. The fourth-order valence-corrected chi connectivity index (χ4v) is 3.97. The summed E-state index contributed by atoms with van der Waals surface area (Å²) in [5, 5.41) is 9.25. The van der Waals surface area contributed by atoms with Gasteiger partial charge in [0.2, 0.25) is 0 Å². The third-order valence-corrected chi connectivity index (χ3v) is 5.29. The minimum absolute atomic E-state index is 0.0839. The smallest absolute Gasteiger partial charge is 0.313 e. The molecule has 2 amide bonds. The Labute approximate surface area is 143 Å². The Balaban J connectivity index is 1.53. The zero-order valence-electron chi connectivity index (χ0n) is 14.4. The van der Waals surface area contributed by atoms with Gasteiger partial charge < -0.3 is 16.0 Å². The monoisotopic (exact) mass is 329 g/mol. The van der Waals surface area contributed by atoms with Gasteiger partial charge in [-0.3, -0.25) is 9.59 Å². The van der Waals surface area contributed by atoms with E-state index in [2.05, 4.69) is 16.0 Å². The Kier molecular flexibility index (Phi) is 5.19. The molecule has 2 fully saturated rings. The van der Waals surface area contributed by atoms with Gasteiger partial charge in [-0.2, -0.15) is 0 Å². The van der Waals surface area contributed by atoms with E-state index in [4.69, 9.17) is 0 Å². The highest BCUT2D eigenvalue weighted by Gasteiger charge is 2.37. The summed E-state index contributed by atoms with van der Waals surface area (Å²) in [4.78, 5) is 24.3. The average molecular weight is 329 g/mol. The Morgan fingerprint density at radius 1 is 1.08 bits per heavy atom. The highest BCUT2D eigenvalue weighted by molar-refractivity contribution is 6.39. The molecule has 1 aromatic rings. The summed E-state index contributed by atoms with van der Waals surface area (Å²) >= 11 is 0. The van der Waals surface area contributed by atoms with E-state index >= 15 is 0 Å². The number of nitrogens with one attached hydrogen (secondary N) is 3. The number of carbonyl (C=O) groups is 2. The van der Waals surface area contributed by atoms with Crippen LogP contribution in [0.5, 0.6) is 0 Å². The second-order valence-corrected chi connectivity index (χ2v) is 7.25. The van der Waals surface area contributed by atoms with Crippen LogP contribution in [0.4, 0.5) is 5.69 Å². The van der Waals surface area contributed by atoms with Crippen LogP contribution < -0.4 is 16.0 Å². The van der Waals surface area contributed by atoms with E-state index < -0.39 is 11.8 Å². The minimum Gasteiger partial charge on any atom is -0.345 e. The molecule has 1 saturated carbocycles. The van der Waals surface area contributed by atoms with Gasteiger partial charge in [-0.25, -0.2) is 0 Å².